The van der Waals surface area contributed by atoms with E-state index in [0.29, 0.717) is 6.42 Å². The van der Waals surface area contributed by atoms with Crippen LogP contribution in [0.15, 0.2) is 12.2 Å². The van der Waals surface area contributed by atoms with E-state index in [9.17, 15) is 25.2 Å². The van der Waals surface area contributed by atoms with Crippen molar-refractivity contribution in [2.45, 2.75) is 128 Å². The molecule has 1 fully saturated rings. The first-order chi connectivity index (χ1) is 16.5. The molecule has 0 aromatic rings. The van der Waals surface area contributed by atoms with Crippen molar-refractivity contribution >= 4 is 5.97 Å². The van der Waals surface area contributed by atoms with Gasteiger partial charge in [0.1, 0.15) is 18.3 Å². The van der Waals surface area contributed by atoms with E-state index in [0.717, 1.165) is 32.1 Å². The van der Waals surface area contributed by atoms with Crippen molar-refractivity contribution in [1.29, 1.82) is 0 Å². The smallest absolute Gasteiger partial charge is 0.306 e. The average Bonchev–Trinajstić information content (AvgIpc) is 3.38. The van der Waals surface area contributed by atoms with Crippen LogP contribution in [0.3, 0.4) is 0 Å². The second-order valence-corrected chi connectivity index (χ2v) is 9.13. The maximum absolute atomic E-state index is 12.1. The fraction of sp³-hybridized carbons (Fsp3) is 0.885. The Labute approximate surface area is 205 Å². The Morgan fingerprint density at radius 2 is 1.38 bits per heavy atom. The number of allylic oxidation sites excluding steroid dienone is 2. The van der Waals surface area contributed by atoms with Crippen molar-refractivity contribution in [1.82, 2.24) is 0 Å². The fourth-order valence-electron chi connectivity index (χ4n) is 3.94. The van der Waals surface area contributed by atoms with Gasteiger partial charge in [-0.15, -0.1) is 0 Å². The molecule has 0 aliphatic carbocycles. The lowest BCUT2D eigenvalue weighted by molar-refractivity contribution is -0.197. The molecule has 1 heterocycles. The van der Waals surface area contributed by atoms with Crippen LogP contribution in [-0.4, -0.2) is 76.9 Å². The molecule has 0 unspecified atom stereocenters. The predicted molar refractivity (Wildman–Crippen MR) is 130 cm³/mol. The molecule has 1 aliphatic rings. The number of carbonyl (C=O) groups excluding carboxylic acids is 1. The van der Waals surface area contributed by atoms with Crippen LogP contribution in [0, 0.1) is 0 Å². The summed E-state index contributed by atoms with van der Waals surface area (Å²) in [7, 11) is 0. The Hall–Kier alpha value is -1.03. The number of carbonyl (C=O) groups is 1. The SMILES string of the molecule is CCCCCCCC/C=C\CCCCCCCC(=O)O[C@H](CO)[C@@H](O)[C@H](O)[C@@H](O)C1OCCO1. The van der Waals surface area contributed by atoms with E-state index in [1.807, 2.05) is 0 Å². The number of esters is 1. The zero-order valence-corrected chi connectivity index (χ0v) is 21.0. The molecule has 1 rings (SSSR count). The monoisotopic (exact) mass is 488 g/mol. The van der Waals surface area contributed by atoms with Gasteiger partial charge < -0.3 is 34.6 Å². The minimum atomic E-state index is -1.69. The molecule has 0 spiro atoms. The topological polar surface area (TPSA) is 126 Å². The molecule has 4 N–H and O–H groups in total. The summed E-state index contributed by atoms with van der Waals surface area (Å²) < 4.78 is 15.3. The number of ether oxygens (including phenoxy) is 3. The summed E-state index contributed by atoms with van der Waals surface area (Å²) in [4.78, 5) is 12.1. The third-order valence-electron chi connectivity index (χ3n) is 6.11. The van der Waals surface area contributed by atoms with Gasteiger partial charge in [0.25, 0.3) is 0 Å². The standard InChI is InChI=1S/C26H48O8/c1-2-3-4-5-6-7-8-9-10-11-12-13-14-15-16-17-22(28)34-21(20-27)23(29)24(30)25(31)26-32-18-19-33-26/h9-10,21,23-27,29-31H,2-8,11-20H2,1H3/b10-9-/t21-,23-,24+,25-/m1/s1. The molecular weight excluding hydrogens is 440 g/mol. The Morgan fingerprint density at radius 3 is 1.94 bits per heavy atom. The lowest BCUT2D eigenvalue weighted by atomic mass is 10.0. The van der Waals surface area contributed by atoms with Crippen LogP contribution in [-0.2, 0) is 19.0 Å². The predicted octanol–water partition coefficient (Wildman–Crippen LogP) is 3.38. The maximum atomic E-state index is 12.1. The van der Waals surface area contributed by atoms with E-state index in [1.54, 1.807) is 0 Å². The van der Waals surface area contributed by atoms with Crippen LogP contribution in [0.25, 0.3) is 0 Å². The highest BCUT2D eigenvalue weighted by Crippen LogP contribution is 2.17. The summed E-state index contributed by atoms with van der Waals surface area (Å²) in [6.45, 7) is 2.12. The maximum Gasteiger partial charge on any atom is 0.306 e. The van der Waals surface area contributed by atoms with Crippen molar-refractivity contribution in [3.63, 3.8) is 0 Å². The van der Waals surface area contributed by atoms with Gasteiger partial charge in [-0.2, -0.15) is 0 Å². The van der Waals surface area contributed by atoms with Crippen LogP contribution in [0.5, 0.6) is 0 Å². The van der Waals surface area contributed by atoms with Gasteiger partial charge in [0, 0.05) is 6.42 Å². The largest absolute Gasteiger partial charge is 0.457 e. The molecule has 8 heteroatoms. The molecule has 1 aliphatic heterocycles. The van der Waals surface area contributed by atoms with Crippen LogP contribution < -0.4 is 0 Å². The molecule has 34 heavy (non-hydrogen) atoms. The summed E-state index contributed by atoms with van der Waals surface area (Å²) >= 11 is 0. The highest BCUT2D eigenvalue weighted by atomic mass is 16.7. The van der Waals surface area contributed by atoms with E-state index < -0.39 is 43.3 Å². The molecule has 0 radical (unpaired) electrons. The van der Waals surface area contributed by atoms with Crippen LogP contribution in [0.1, 0.15) is 96.8 Å². The van der Waals surface area contributed by atoms with Gasteiger partial charge >= 0.3 is 5.97 Å². The van der Waals surface area contributed by atoms with Gasteiger partial charge in [0.05, 0.1) is 19.8 Å². The van der Waals surface area contributed by atoms with Gasteiger partial charge in [-0.25, -0.2) is 0 Å². The van der Waals surface area contributed by atoms with Gasteiger partial charge in [0.2, 0.25) is 0 Å². The summed E-state index contributed by atoms with van der Waals surface area (Å²) in [6, 6.07) is 0. The number of unbranched alkanes of at least 4 members (excludes halogenated alkanes) is 11. The van der Waals surface area contributed by atoms with Crippen molar-refractivity contribution in [2.24, 2.45) is 0 Å². The Bertz CT molecular complexity index is 521. The van der Waals surface area contributed by atoms with Gasteiger partial charge in [-0.05, 0) is 32.1 Å². The zero-order chi connectivity index (χ0) is 25.0. The summed E-state index contributed by atoms with van der Waals surface area (Å²) in [5.41, 5.74) is 0. The highest BCUT2D eigenvalue weighted by molar-refractivity contribution is 5.69. The second kappa shape index (κ2) is 20.2. The Morgan fingerprint density at radius 1 is 0.853 bits per heavy atom. The van der Waals surface area contributed by atoms with Crippen molar-refractivity contribution in [2.75, 3.05) is 19.8 Å². The molecule has 0 saturated carbocycles. The lowest BCUT2D eigenvalue weighted by Gasteiger charge is -2.29. The first-order valence-electron chi connectivity index (χ1n) is 13.2. The quantitative estimate of drug-likeness (QED) is 0.110. The number of hydrogen-bond acceptors (Lipinski definition) is 8. The number of aliphatic hydroxyl groups is 4. The molecule has 0 amide bonds. The summed E-state index contributed by atoms with van der Waals surface area (Å²) in [6.07, 6.45) is 12.6. The van der Waals surface area contributed by atoms with E-state index in [1.165, 1.54) is 44.9 Å². The van der Waals surface area contributed by atoms with E-state index in [4.69, 9.17) is 14.2 Å². The third-order valence-corrected chi connectivity index (χ3v) is 6.11. The number of hydrogen-bond donors (Lipinski definition) is 4. The highest BCUT2D eigenvalue weighted by Gasteiger charge is 2.39. The number of rotatable bonds is 21. The van der Waals surface area contributed by atoms with Crippen molar-refractivity contribution in [3.05, 3.63) is 12.2 Å². The first kappa shape index (κ1) is 31.0. The minimum Gasteiger partial charge on any atom is -0.457 e. The Balaban J connectivity index is 2.05. The molecule has 0 aromatic heterocycles. The summed E-state index contributed by atoms with van der Waals surface area (Å²) in [5.74, 6) is -0.550. The number of aliphatic hydroxyl groups excluding tert-OH is 4. The van der Waals surface area contributed by atoms with Gasteiger partial charge in [-0.3, -0.25) is 4.79 Å². The molecule has 0 bridgehead atoms. The molecule has 0 aromatic carbocycles. The van der Waals surface area contributed by atoms with Gasteiger partial charge in [-0.1, -0.05) is 70.4 Å². The molecule has 1 saturated heterocycles. The zero-order valence-electron chi connectivity index (χ0n) is 21.0. The summed E-state index contributed by atoms with van der Waals surface area (Å²) in [5, 5.41) is 39.8. The normalized spacial score (nSPS) is 18.3. The van der Waals surface area contributed by atoms with E-state index >= 15 is 0 Å². The molecule has 8 nitrogen and oxygen atoms in total. The average molecular weight is 489 g/mol. The van der Waals surface area contributed by atoms with Crippen LogP contribution in [0.2, 0.25) is 0 Å². The third kappa shape index (κ3) is 13.8. The fourth-order valence-corrected chi connectivity index (χ4v) is 3.94. The molecular formula is C26H48O8. The molecule has 200 valence electrons. The Kier molecular flexibility index (Phi) is 18.4. The van der Waals surface area contributed by atoms with Crippen LogP contribution in [0.4, 0.5) is 0 Å². The first-order valence-corrected chi connectivity index (χ1v) is 13.2. The van der Waals surface area contributed by atoms with Gasteiger partial charge in [0.15, 0.2) is 12.4 Å². The minimum absolute atomic E-state index is 0.175. The van der Waals surface area contributed by atoms with E-state index in [-0.39, 0.29) is 19.6 Å². The van der Waals surface area contributed by atoms with Crippen molar-refractivity contribution < 1.29 is 39.4 Å². The van der Waals surface area contributed by atoms with Crippen LogP contribution >= 0.6 is 0 Å². The van der Waals surface area contributed by atoms with E-state index in [2.05, 4.69) is 19.1 Å². The second-order valence-electron chi connectivity index (χ2n) is 9.13. The molecule has 4 atom stereocenters. The van der Waals surface area contributed by atoms with Crippen molar-refractivity contribution in [3.8, 4) is 0 Å². The lowest BCUT2D eigenvalue weighted by Crippen LogP contribution is -2.51.